The zero-order valence-electron chi connectivity index (χ0n) is 15.3. The summed E-state index contributed by atoms with van der Waals surface area (Å²) in [5.41, 5.74) is 3.94. The van der Waals surface area contributed by atoms with Gasteiger partial charge in [-0.15, -0.1) is 0 Å². The number of hydrogen-bond acceptors (Lipinski definition) is 3. The van der Waals surface area contributed by atoms with Gasteiger partial charge in [-0.25, -0.2) is 4.98 Å². The van der Waals surface area contributed by atoms with Gasteiger partial charge in [0.2, 0.25) is 0 Å². The van der Waals surface area contributed by atoms with Crippen molar-refractivity contribution in [3.05, 3.63) is 95.3 Å². The number of nitrogens with one attached hydrogen (secondary N) is 1. The van der Waals surface area contributed by atoms with Gasteiger partial charge in [-0.05, 0) is 48.9 Å². The number of para-hydroxylation sites is 1. The Kier molecular flexibility index (Phi) is 5.04. The molecule has 0 radical (unpaired) electrons. The van der Waals surface area contributed by atoms with Gasteiger partial charge in [0.1, 0.15) is 0 Å². The molecule has 0 aliphatic carbocycles. The van der Waals surface area contributed by atoms with E-state index in [2.05, 4.69) is 10.3 Å². The fraction of sp³-hybridized carbons (Fsp3) is 0.0870. The monoisotopic (exact) mass is 387 g/mol. The fourth-order valence-corrected chi connectivity index (χ4v) is 3.26. The lowest BCUT2D eigenvalue weighted by atomic mass is 10.0. The maximum atomic E-state index is 13.1. The second-order valence-corrected chi connectivity index (χ2v) is 7.00. The molecule has 138 valence electrons. The molecule has 0 saturated carbocycles. The highest BCUT2D eigenvalue weighted by molar-refractivity contribution is 6.30. The van der Waals surface area contributed by atoms with Crippen LogP contribution in [0.4, 0.5) is 0 Å². The van der Waals surface area contributed by atoms with Gasteiger partial charge in [0.15, 0.2) is 0 Å². The molecule has 2 aromatic carbocycles. The molecule has 4 aromatic rings. The number of benzene rings is 2. The van der Waals surface area contributed by atoms with Gasteiger partial charge in [-0.1, -0.05) is 41.9 Å². The molecule has 0 spiro atoms. The Balaban J connectivity index is 1.72. The summed E-state index contributed by atoms with van der Waals surface area (Å²) >= 11 is 5.96. The van der Waals surface area contributed by atoms with Gasteiger partial charge in [0.05, 0.1) is 22.8 Å². The number of fused-ring (bicyclic) bond motifs is 1. The number of hydrogen-bond donors (Lipinski definition) is 1. The maximum absolute atomic E-state index is 13.1. The molecular formula is C23H18ClN3O. The molecule has 5 heteroatoms. The third-order valence-corrected chi connectivity index (χ3v) is 4.89. The average molecular weight is 388 g/mol. The van der Waals surface area contributed by atoms with Crippen LogP contribution in [0.15, 0.2) is 79.1 Å². The lowest BCUT2D eigenvalue weighted by Crippen LogP contribution is -2.27. The van der Waals surface area contributed by atoms with Crippen LogP contribution in [0.2, 0.25) is 5.02 Å². The van der Waals surface area contributed by atoms with Gasteiger partial charge in [0.25, 0.3) is 5.91 Å². The van der Waals surface area contributed by atoms with Gasteiger partial charge < -0.3 is 5.32 Å². The van der Waals surface area contributed by atoms with E-state index in [1.807, 2.05) is 73.7 Å². The lowest BCUT2D eigenvalue weighted by Gasteiger charge is -2.16. The summed E-state index contributed by atoms with van der Waals surface area (Å²) in [6, 6.07) is 20.6. The molecule has 0 fully saturated rings. The smallest absolute Gasteiger partial charge is 0.252 e. The van der Waals surface area contributed by atoms with E-state index in [1.54, 1.807) is 12.4 Å². The summed E-state index contributed by atoms with van der Waals surface area (Å²) < 4.78 is 0. The van der Waals surface area contributed by atoms with Crippen molar-refractivity contribution < 1.29 is 4.79 Å². The molecule has 0 aliphatic rings. The van der Waals surface area contributed by atoms with Crippen LogP contribution in [0.25, 0.3) is 22.2 Å². The van der Waals surface area contributed by atoms with E-state index >= 15 is 0 Å². The average Bonchev–Trinajstić information content (AvgIpc) is 2.74. The summed E-state index contributed by atoms with van der Waals surface area (Å²) in [6.45, 7) is 1.95. The highest BCUT2D eigenvalue weighted by Crippen LogP contribution is 2.25. The van der Waals surface area contributed by atoms with Crippen molar-refractivity contribution in [2.75, 3.05) is 0 Å². The number of rotatable bonds is 4. The van der Waals surface area contributed by atoms with Crippen LogP contribution in [-0.4, -0.2) is 15.9 Å². The van der Waals surface area contributed by atoms with Crippen LogP contribution in [0.3, 0.4) is 0 Å². The molecule has 4 rings (SSSR count). The summed E-state index contributed by atoms with van der Waals surface area (Å²) in [5.74, 6) is -0.147. The summed E-state index contributed by atoms with van der Waals surface area (Å²) in [4.78, 5) is 22.0. The predicted octanol–water partition coefficient (Wildman–Crippen LogP) is 5.44. The third kappa shape index (κ3) is 3.73. The van der Waals surface area contributed by atoms with Crippen molar-refractivity contribution in [2.24, 2.45) is 0 Å². The molecule has 1 amide bonds. The number of carbonyl (C=O) groups excluding carboxylic acids is 1. The Bertz CT molecular complexity index is 1130. The Morgan fingerprint density at radius 1 is 1.04 bits per heavy atom. The van der Waals surface area contributed by atoms with Crippen LogP contribution in [0.5, 0.6) is 0 Å². The Labute approximate surface area is 168 Å². The molecule has 0 aliphatic heterocycles. The van der Waals surface area contributed by atoms with Crippen molar-refractivity contribution >= 4 is 28.4 Å². The molecule has 0 saturated heterocycles. The summed E-state index contributed by atoms with van der Waals surface area (Å²) in [5, 5.41) is 4.56. The molecule has 1 atom stereocenters. The van der Waals surface area contributed by atoms with Gasteiger partial charge in [0, 0.05) is 28.4 Å². The van der Waals surface area contributed by atoms with Crippen LogP contribution < -0.4 is 5.32 Å². The molecule has 1 N–H and O–H groups in total. The fourth-order valence-electron chi connectivity index (χ4n) is 3.13. The summed E-state index contributed by atoms with van der Waals surface area (Å²) in [6.07, 6.45) is 3.46. The highest BCUT2D eigenvalue weighted by atomic mass is 35.5. The van der Waals surface area contributed by atoms with Crippen molar-refractivity contribution in [3.8, 4) is 11.3 Å². The number of nitrogens with zero attached hydrogens (tertiary/aromatic N) is 2. The van der Waals surface area contributed by atoms with Crippen LogP contribution >= 0.6 is 11.6 Å². The molecule has 4 nitrogen and oxygen atoms in total. The lowest BCUT2D eigenvalue weighted by molar-refractivity contribution is 0.0941. The number of carbonyl (C=O) groups is 1. The van der Waals surface area contributed by atoms with Crippen LogP contribution in [-0.2, 0) is 0 Å². The third-order valence-electron chi connectivity index (χ3n) is 4.64. The first-order valence-electron chi connectivity index (χ1n) is 8.98. The predicted molar refractivity (Wildman–Crippen MR) is 112 cm³/mol. The van der Waals surface area contributed by atoms with E-state index in [9.17, 15) is 4.79 Å². The maximum Gasteiger partial charge on any atom is 0.252 e. The zero-order valence-corrected chi connectivity index (χ0v) is 16.0. The number of pyridine rings is 2. The standard InChI is InChI=1S/C23H18ClN3O/c1-15(16-8-10-18(24)11-9-16)26-23(28)20-13-22(17-5-4-12-25-14-17)27-21-7-3-2-6-19(20)21/h2-15H,1H3,(H,26,28). The van der Waals surface area contributed by atoms with Crippen molar-refractivity contribution in [2.45, 2.75) is 13.0 Å². The Morgan fingerprint density at radius 2 is 1.82 bits per heavy atom. The minimum atomic E-state index is -0.154. The van der Waals surface area contributed by atoms with E-state index in [1.165, 1.54) is 0 Å². The Hall–Kier alpha value is -3.24. The molecule has 0 bridgehead atoms. The van der Waals surface area contributed by atoms with E-state index in [4.69, 9.17) is 16.6 Å². The molecule has 28 heavy (non-hydrogen) atoms. The first-order chi connectivity index (χ1) is 13.6. The number of amides is 1. The quantitative estimate of drug-likeness (QED) is 0.507. The van der Waals surface area contributed by atoms with Crippen molar-refractivity contribution in [3.63, 3.8) is 0 Å². The highest BCUT2D eigenvalue weighted by Gasteiger charge is 2.16. The van der Waals surface area contributed by atoms with Gasteiger partial charge in [-0.2, -0.15) is 0 Å². The first kappa shape index (κ1) is 18.1. The first-order valence-corrected chi connectivity index (χ1v) is 9.36. The second kappa shape index (κ2) is 7.79. The Morgan fingerprint density at radius 3 is 2.57 bits per heavy atom. The van der Waals surface area contributed by atoms with E-state index in [0.717, 1.165) is 27.7 Å². The van der Waals surface area contributed by atoms with E-state index < -0.39 is 0 Å². The topological polar surface area (TPSA) is 54.9 Å². The second-order valence-electron chi connectivity index (χ2n) is 6.56. The van der Waals surface area contributed by atoms with Crippen LogP contribution in [0.1, 0.15) is 28.9 Å². The minimum Gasteiger partial charge on any atom is -0.345 e. The molecular weight excluding hydrogens is 370 g/mol. The minimum absolute atomic E-state index is 0.147. The molecule has 1 unspecified atom stereocenters. The number of halogens is 1. The van der Waals surface area contributed by atoms with Crippen molar-refractivity contribution in [1.29, 1.82) is 0 Å². The van der Waals surface area contributed by atoms with Crippen LogP contribution in [0, 0.1) is 0 Å². The summed E-state index contributed by atoms with van der Waals surface area (Å²) in [7, 11) is 0. The van der Waals surface area contributed by atoms with Gasteiger partial charge in [-0.3, -0.25) is 9.78 Å². The van der Waals surface area contributed by atoms with E-state index in [0.29, 0.717) is 10.6 Å². The van der Waals surface area contributed by atoms with Gasteiger partial charge >= 0.3 is 0 Å². The number of aromatic nitrogens is 2. The van der Waals surface area contributed by atoms with Crippen molar-refractivity contribution in [1.82, 2.24) is 15.3 Å². The molecule has 2 aromatic heterocycles. The molecule has 2 heterocycles. The largest absolute Gasteiger partial charge is 0.345 e. The van der Waals surface area contributed by atoms with E-state index in [-0.39, 0.29) is 11.9 Å². The SMILES string of the molecule is CC(NC(=O)c1cc(-c2cccnc2)nc2ccccc12)c1ccc(Cl)cc1. The normalized spacial score (nSPS) is 11.9. The zero-order chi connectivity index (χ0) is 19.5.